The molecule has 1 fully saturated rings. The predicted octanol–water partition coefficient (Wildman–Crippen LogP) is 1.61. The van der Waals surface area contributed by atoms with Gasteiger partial charge in [0.25, 0.3) is 5.91 Å². The lowest BCUT2D eigenvalue weighted by Crippen LogP contribution is -2.46. The topological polar surface area (TPSA) is 56.1 Å². The molecular formula is C15H17N3O2S. The molecule has 0 aliphatic carbocycles. The van der Waals surface area contributed by atoms with Crippen LogP contribution in [0.5, 0.6) is 5.75 Å². The Labute approximate surface area is 128 Å². The number of hydrogen-bond donors (Lipinski definition) is 1. The number of rotatable bonds is 1. The van der Waals surface area contributed by atoms with E-state index in [-0.39, 0.29) is 11.7 Å². The number of nitrogens with zero attached hydrogens (tertiary/aromatic N) is 3. The van der Waals surface area contributed by atoms with Gasteiger partial charge in [0.1, 0.15) is 5.75 Å². The van der Waals surface area contributed by atoms with Crippen LogP contribution in [-0.4, -0.2) is 59.2 Å². The number of piperazine rings is 1. The summed E-state index contributed by atoms with van der Waals surface area (Å²) in [5.74, 6) is -0.00252. The molecule has 5 nitrogen and oxygen atoms in total. The first-order valence-electron chi connectivity index (χ1n) is 6.87. The van der Waals surface area contributed by atoms with Gasteiger partial charge in [-0.2, -0.15) is 4.99 Å². The minimum atomic E-state index is -0.197. The lowest BCUT2D eigenvalue weighted by atomic mass is 10.2. The summed E-state index contributed by atoms with van der Waals surface area (Å²) < 4.78 is 0. The van der Waals surface area contributed by atoms with Crippen LogP contribution in [0, 0.1) is 0 Å². The van der Waals surface area contributed by atoms with E-state index in [0.29, 0.717) is 4.91 Å². The van der Waals surface area contributed by atoms with Crippen molar-refractivity contribution in [3.63, 3.8) is 0 Å². The molecule has 2 aliphatic heterocycles. The van der Waals surface area contributed by atoms with Crippen molar-refractivity contribution in [1.29, 1.82) is 0 Å². The second-order valence-corrected chi connectivity index (χ2v) is 6.20. The van der Waals surface area contributed by atoms with Gasteiger partial charge in [0, 0.05) is 26.2 Å². The fourth-order valence-corrected chi connectivity index (χ4v) is 3.26. The lowest BCUT2D eigenvalue weighted by Gasteiger charge is -2.32. The molecule has 110 valence electrons. The summed E-state index contributed by atoms with van der Waals surface area (Å²) >= 11 is 1.41. The maximum Gasteiger partial charge on any atom is 0.286 e. The van der Waals surface area contributed by atoms with E-state index in [4.69, 9.17) is 0 Å². The average molecular weight is 303 g/mol. The third-order valence-electron chi connectivity index (χ3n) is 3.55. The van der Waals surface area contributed by atoms with Crippen molar-refractivity contribution in [1.82, 2.24) is 9.80 Å². The van der Waals surface area contributed by atoms with Crippen molar-refractivity contribution < 1.29 is 9.90 Å². The van der Waals surface area contributed by atoms with Crippen LogP contribution < -0.4 is 0 Å². The number of aromatic hydroxyl groups is 1. The van der Waals surface area contributed by atoms with Gasteiger partial charge < -0.3 is 14.9 Å². The molecule has 1 saturated heterocycles. The molecule has 0 bridgehead atoms. The number of benzene rings is 1. The molecule has 0 radical (unpaired) electrons. The maximum absolute atomic E-state index is 12.0. The van der Waals surface area contributed by atoms with Gasteiger partial charge in [0.15, 0.2) is 5.17 Å². The Bertz CT molecular complexity index is 619. The Morgan fingerprint density at radius 1 is 1.29 bits per heavy atom. The number of hydrogen-bond acceptors (Lipinski definition) is 5. The van der Waals surface area contributed by atoms with E-state index in [1.807, 2.05) is 6.07 Å². The van der Waals surface area contributed by atoms with Gasteiger partial charge in [-0.05, 0) is 42.6 Å². The normalized spacial score (nSPS) is 22.0. The van der Waals surface area contributed by atoms with E-state index in [2.05, 4.69) is 21.8 Å². The minimum absolute atomic E-state index is 0.194. The van der Waals surface area contributed by atoms with Crippen LogP contribution >= 0.6 is 11.8 Å². The summed E-state index contributed by atoms with van der Waals surface area (Å²) in [6.45, 7) is 3.77. The molecule has 1 aromatic rings. The summed E-state index contributed by atoms with van der Waals surface area (Å²) in [7, 11) is 2.10. The van der Waals surface area contributed by atoms with Gasteiger partial charge in [-0.25, -0.2) is 0 Å². The van der Waals surface area contributed by atoms with Crippen LogP contribution in [0.3, 0.4) is 0 Å². The summed E-state index contributed by atoms with van der Waals surface area (Å²) in [4.78, 5) is 21.2. The average Bonchev–Trinajstić information content (AvgIpc) is 2.81. The Kier molecular flexibility index (Phi) is 3.98. The van der Waals surface area contributed by atoms with Crippen LogP contribution in [-0.2, 0) is 4.79 Å². The molecular weight excluding hydrogens is 286 g/mol. The monoisotopic (exact) mass is 303 g/mol. The van der Waals surface area contributed by atoms with Gasteiger partial charge in [-0.3, -0.25) is 4.79 Å². The first kappa shape index (κ1) is 14.2. The van der Waals surface area contributed by atoms with Gasteiger partial charge in [-0.15, -0.1) is 0 Å². The standard InChI is InChI=1S/C15H17N3O2S/c1-17-5-7-18(8-6-17)15-16-14(20)13(21-15)10-11-3-2-4-12(19)9-11/h2-4,9-10,19H,5-8H2,1H3. The largest absolute Gasteiger partial charge is 0.508 e. The van der Waals surface area contributed by atoms with Crippen LogP contribution in [0.15, 0.2) is 34.2 Å². The third-order valence-corrected chi connectivity index (χ3v) is 4.60. The Hall–Kier alpha value is -1.79. The highest BCUT2D eigenvalue weighted by Crippen LogP contribution is 2.31. The number of phenols is 1. The summed E-state index contributed by atoms with van der Waals surface area (Å²) in [6.07, 6.45) is 1.78. The quantitative estimate of drug-likeness (QED) is 0.799. The van der Waals surface area contributed by atoms with E-state index in [0.717, 1.165) is 36.9 Å². The first-order chi connectivity index (χ1) is 10.1. The van der Waals surface area contributed by atoms with Crippen molar-refractivity contribution in [2.24, 2.45) is 4.99 Å². The first-order valence-corrected chi connectivity index (χ1v) is 7.68. The smallest absolute Gasteiger partial charge is 0.286 e. The highest BCUT2D eigenvalue weighted by molar-refractivity contribution is 8.18. The Morgan fingerprint density at radius 2 is 2.05 bits per heavy atom. The fraction of sp³-hybridized carbons (Fsp3) is 0.333. The van der Waals surface area contributed by atoms with E-state index < -0.39 is 0 Å². The van der Waals surface area contributed by atoms with Crippen LogP contribution in [0.4, 0.5) is 0 Å². The molecule has 1 N–H and O–H groups in total. The van der Waals surface area contributed by atoms with Gasteiger partial charge in [-0.1, -0.05) is 12.1 Å². The number of amides is 1. The molecule has 0 spiro atoms. The zero-order valence-electron chi connectivity index (χ0n) is 11.8. The molecule has 0 saturated carbocycles. The van der Waals surface area contributed by atoms with Crippen molar-refractivity contribution in [3.8, 4) is 5.75 Å². The number of carbonyl (C=O) groups excluding carboxylic acids is 1. The van der Waals surface area contributed by atoms with Crippen LogP contribution in [0.1, 0.15) is 5.56 Å². The zero-order chi connectivity index (χ0) is 14.8. The SMILES string of the molecule is CN1CCN(C2=NC(=O)C(=Cc3cccc(O)c3)S2)CC1. The second-order valence-electron chi connectivity index (χ2n) is 5.20. The third kappa shape index (κ3) is 3.28. The molecule has 2 aliphatic rings. The van der Waals surface area contributed by atoms with Gasteiger partial charge >= 0.3 is 0 Å². The molecule has 3 rings (SSSR count). The predicted molar refractivity (Wildman–Crippen MR) is 85.2 cm³/mol. The molecule has 0 unspecified atom stereocenters. The molecule has 0 atom stereocenters. The molecule has 2 heterocycles. The van der Waals surface area contributed by atoms with Gasteiger partial charge in [0.2, 0.25) is 0 Å². The minimum Gasteiger partial charge on any atom is -0.508 e. The lowest BCUT2D eigenvalue weighted by molar-refractivity contribution is -0.113. The summed E-state index contributed by atoms with van der Waals surface area (Å²) in [5, 5.41) is 10.3. The zero-order valence-corrected chi connectivity index (χ0v) is 12.6. The number of phenolic OH excluding ortho intramolecular Hbond substituents is 1. The maximum atomic E-state index is 12.0. The number of thioether (sulfide) groups is 1. The number of amidine groups is 1. The number of likely N-dealkylation sites (N-methyl/N-ethyl adjacent to an activating group) is 1. The van der Waals surface area contributed by atoms with Gasteiger partial charge in [0.05, 0.1) is 4.91 Å². The van der Waals surface area contributed by atoms with E-state index in [9.17, 15) is 9.90 Å². The Morgan fingerprint density at radius 3 is 2.76 bits per heavy atom. The number of aliphatic imine (C=N–C) groups is 1. The van der Waals surface area contributed by atoms with E-state index in [1.54, 1.807) is 24.3 Å². The van der Waals surface area contributed by atoms with Crippen LogP contribution in [0.2, 0.25) is 0 Å². The second kappa shape index (κ2) is 5.91. The fourth-order valence-electron chi connectivity index (χ4n) is 2.30. The van der Waals surface area contributed by atoms with E-state index in [1.165, 1.54) is 11.8 Å². The summed E-state index contributed by atoms with van der Waals surface area (Å²) in [5.41, 5.74) is 0.806. The molecule has 0 aromatic heterocycles. The number of carbonyl (C=O) groups is 1. The highest BCUT2D eigenvalue weighted by atomic mass is 32.2. The van der Waals surface area contributed by atoms with Crippen molar-refractivity contribution in [2.45, 2.75) is 0 Å². The summed E-state index contributed by atoms with van der Waals surface area (Å²) in [6, 6.07) is 6.86. The van der Waals surface area contributed by atoms with Crippen molar-refractivity contribution in [3.05, 3.63) is 34.7 Å². The van der Waals surface area contributed by atoms with Crippen molar-refractivity contribution in [2.75, 3.05) is 33.2 Å². The molecule has 1 aromatic carbocycles. The van der Waals surface area contributed by atoms with Crippen molar-refractivity contribution >= 4 is 28.9 Å². The van der Waals surface area contributed by atoms with E-state index >= 15 is 0 Å². The Balaban J connectivity index is 1.73. The molecule has 6 heteroatoms. The molecule has 21 heavy (non-hydrogen) atoms. The van der Waals surface area contributed by atoms with Crippen LogP contribution in [0.25, 0.3) is 6.08 Å². The highest BCUT2D eigenvalue weighted by Gasteiger charge is 2.27. The molecule has 1 amide bonds.